The number of rotatable bonds is 4. The molecule has 0 aliphatic heterocycles. The number of carboxylic acids is 1. The molecule has 0 fully saturated rings. The first kappa shape index (κ1) is 13.7. The molecule has 0 radical (unpaired) electrons. The maximum atomic E-state index is 11.0. The van der Waals surface area contributed by atoms with Crippen molar-refractivity contribution in [3.05, 3.63) is 57.6 Å². The fraction of sp³-hybridized carbons (Fsp3) is 0.214. The fourth-order valence-corrected chi connectivity index (χ4v) is 2.04. The summed E-state index contributed by atoms with van der Waals surface area (Å²) < 4.78 is 1.02. The molecule has 0 saturated carbocycles. The second kappa shape index (κ2) is 5.93. The van der Waals surface area contributed by atoms with Gasteiger partial charge in [-0.15, -0.1) is 0 Å². The first-order chi connectivity index (χ1) is 9.10. The van der Waals surface area contributed by atoms with Gasteiger partial charge in [-0.3, -0.25) is 0 Å². The molecule has 0 bridgehead atoms. The van der Waals surface area contributed by atoms with Gasteiger partial charge in [0.25, 0.3) is 0 Å². The molecular formula is C14H13BrN2O2. The molecule has 2 rings (SSSR count). The zero-order valence-corrected chi connectivity index (χ0v) is 12.0. The molecule has 1 aromatic carbocycles. The normalized spacial score (nSPS) is 10.4. The highest BCUT2D eigenvalue weighted by molar-refractivity contribution is 9.10. The Morgan fingerprint density at radius 3 is 2.58 bits per heavy atom. The number of aromatic carboxylic acids is 1. The van der Waals surface area contributed by atoms with E-state index < -0.39 is 5.97 Å². The van der Waals surface area contributed by atoms with E-state index in [-0.39, 0.29) is 5.56 Å². The lowest BCUT2D eigenvalue weighted by atomic mass is 10.1. The molecule has 0 aliphatic rings. The Kier molecular flexibility index (Phi) is 4.27. The molecule has 5 heteroatoms. The summed E-state index contributed by atoms with van der Waals surface area (Å²) in [6.07, 6.45) is 2.57. The van der Waals surface area contributed by atoms with Crippen LogP contribution in [0.5, 0.6) is 0 Å². The number of carboxylic acid groups (broad SMARTS) is 1. The molecule has 19 heavy (non-hydrogen) atoms. The van der Waals surface area contributed by atoms with Gasteiger partial charge in [0.15, 0.2) is 0 Å². The average molecular weight is 321 g/mol. The molecule has 0 aliphatic carbocycles. The zero-order valence-electron chi connectivity index (χ0n) is 10.4. The standard InChI is InChI=1S/C14H13BrN2O2/c1-2-12-11(14(18)19)8-16-13(17-12)7-9-3-5-10(15)6-4-9/h3-6,8H,2,7H2,1H3,(H,18,19). The SMILES string of the molecule is CCc1nc(Cc2ccc(Br)cc2)ncc1C(=O)O. The molecule has 0 saturated heterocycles. The molecule has 4 nitrogen and oxygen atoms in total. The number of halogens is 1. The maximum absolute atomic E-state index is 11.0. The van der Waals surface area contributed by atoms with Gasteiger partial charge < -0.3 is 5.11 Å². The number of benzene rings is 1. The molecule has 0 unspecified atom stereocenters. The third-order valence-corrected chi connectivity index (χ3v) is 3.29. The lowest BCUT2D eigenvalue weighted by molar-refractivity contribution is 0.0694. The highest BCUT2D eigenvalue weighted by Crippen LogP contribution is 2.14. The van der Waals surface area contributed by atoms with Gasteiger partial charge in [-0.25, -0.2) is 14.8 Å². The molecule has 0 spiro atoms. The van der Waals surface area contributed by atoms with Gasteiger partial charge in [-0.05, 0) is 24.1 Å². The topological polar surface area (TPSA) is 63.1 Å². The van der Waals surface area contributed by atoms with Crippen molar-refractivity contribution < 1.29 is 9.90 Å². The third-order valence-electron chi connectivity index (χ3n) is 2.76. The third kappa shape index (κ3) is 3.38. The van der Waals surface area contributed by atoms with Gasteiger partial charge in [0.1, 0.15) is 5.82 Å². The van der Waals surface area contributed by atoms with E-state index in [1.807, 2.05) is 31.2 Å². The summed E-state index contributed by atoms with van der Waals surface area (Å²) in [4.78, 5) is 19.5. The Labute approximate surface area is 119 Å². The molecule has 1 N–H and O–H groups in total. The Bertz CT molecular complexity index is 597. The van der Waals surface area contributed by atoms with E-state index in [1.54, 1.807) is 0 Å². The van der Waals surface area contributed by atoms with Crippen LogP contribution in [-0.2, 0) is 12.8 Å². The number of carbonyl (C=O) groups is 1. The summed E-state index contributed by atoms with van der Waals surface area (Å²) in [6, 6.07) is 7.90. The summed E-state index contributed by atoms with van der Waals surface area (Å²) in [6.45, 7) is 1.89. The number of aryl methyl sites for hydroxylation is 1. The van der Waals surface area contributed by atoms with Crippen molar-refractivity contribution in [2.24, 2.45) is 0 Å². The molecular weight excluding hydrogens is 308 g/mol. The summed E-state index contributed by atoms with van der Waals surface area (Å²) in [5.41, 5.74) is 1.85. The minimum Gasteiger partial charge on any atom is -0.478 e. The minimum absolute atomic E-state index is 0.182. The van der Waals surface area contributed by atoms with E-state index in [9.17, 15) is 4.79 Å². The monoisotopic (exact) mass is 320 g/mol. The predicted molar refractivity (Wildman–Crippen MR) is 75.3 cm³/mol. The van der Waals surface area contributed by atoms with Crippen LogP contribution in [0.25, 0.3) is 0 Å². The predicted octanol–water partition coefficient (Wildman–Crippen LogP) is 3.09. The first-order valence-corrected chi connectivity index (χ1v) is 6.72. The summed E-state index contributed by atoms with van der Waals surface area (Å²) in [5.74, 6) is -0.337. The maximum Gasteiger partial charge on any atom is 0.339 e. The Morgan fingerprint density at radius 1 is 1.32 bits per heavy atom. The molecule has 1 heterocycles. The van der Waals surface area contributed by atoms with Crippen molar-refractivity contribution in [1.29, 1.82) is 0 Å². The van der Waals surface area contributed by atoms with Crippen LogP contribution in [0.2, 0.25) is 0 Å². The van der Waals surface area contributed by atoms with E-state index in [0.717, 1.165) is 10.0 Å². The van der Waals surface area contributed by atoms with Crippen molar-refractivity contribution in [2.75, 3.05) is 0 Å². The zero-order chi connectivity index (χ0) is 13.8. The summed E-state index contributed by atoms with van der Waals surface area (Å²) in [7, 11) is 0. The van der Waals surface area contributed by atoms with Gasteiger partial charge in [-0.1, -0.05) is 35.0 Å². The molecule has 98 valence electrons. The van der Waals surface area contributed by atoms with Crippen molar-refractivity contribution in [2.45, 2.75) is 19.8 Å². The largest absolute Gasteiger partial charge is 0.478 e. The second-order valence-electron chi connectivity index (χ2n) is 4.11. The number of aromatic nitrogens is 2. The molecule has 0 amide bonds. The van der Waals surface area contributed by atoms with E-state index in [0.29, 0.717) is 24.4 Å². The van der Waals surface area contributed by atoms with Crippen molar-refractivity contribution in [3.63, 3.8) is 0 Å². The number of hydrogen-bond acceptors (Lipinski definition) is 3. The lowest BCUT2D eigenvalue weighted by Crippen LogP contribution is -2.08. The molecule has 0 atom stereocenters. The van der Waals surface area contributed by atoms with Crippen LogP contribution in [-0.4, -0.2) is 21.0 Å². The molecule has 1 aromatic heterocycles. The average Bonchev–Trinajstić information content (AvgIpc) is 2.41. The Hall–Kier alpha value is -1.75. The van der Waals surface area contributed by atoms with E-state index in [2.05, 4.69) is 25.9 Å². The quantitative estimate of drug-likeness (QED) is 0.940. The van der Waals surface area contributed by atoms with Gasteiger partial charge in [0.05, 0.1) is 11.3 Å². The molecule has 2 aromatic rings. The van der Waals surface area contributed by atoms with Gasteiger partial charge in [0.2, 0.25) is 0 Å². The summed E-state index contributed by atoms with van der Waals surface area (Å²) >= 11 is 3.38. The van der Waals surface area contributed by atoms with Crippen molar-refractivity contribution in [3.8, 4) is 0 Å². The first-order valence-electron chi connectivity index (χ1n) is 5.92. The second-order valence-corrected chi connectivity index (χ2v) is 5.02. The van der Waals surface area contributed by atoms with E-state index in [4.69, 9.17) is 5.11 Å². The van der Waals surface area contributed by atoms with Crippen molar-refractivity contribution in [1.82, 2.24) is 9.97 Å². The van der Waals surface area contributed by atoms with Crippen LogP contribution in [0, 0.1) is 0 Å². The van der Waals surface area contributed by atoms with Crippen LogP contribution in [0.3, 0.4) is 0 Å². The minimum atomic E-state index is -0.980. The number of nitrogens with zero attached hydrogens (tertiary/aromatic N) is 2. The van der Waals surface area contributed by atoms with Gasteiger partial charge in [-0.2, -0.15) is 0 Å². The van der Waals surface area contributed by atoms with Crippen molar-refractivity contribution >= 4 is 21.9 Å². The number of hydrogen-bond donors (Lipinski definition) is 1. The van der Waals surface area contributed by atoms with E-state index >= 15 is 0 Å². The Morgan fingerprint density at radius 2 is 2.00 bits per heavy atom. The highest BCUT2D eigenvalue weighted by Gasteiger charge is 2.12. The van der Waals surface area contributed by atoms with Crippen LogP contribution in [0.1, 0.15) is 34.4 Å². The lowest BCUT2D eigenvalue weighted by Gasteiger charge is -2.06. The van der Waals surface area contributed by atoms with Crippen LogP contribution in [0.4, 0.5) is 0 Å². The Balaban J connectivity index is 2.26. The van der Waals surface area contributed by atoms with E-state index in [1.165, 1.54) is 6.20 Å². The smallest absolute Gasteiger partial charge is 0.339 e. The summed E-state index contributed by atoms with van der Waals surface area (Å²) in [5, 5.41) is 9.02. The highest BCUT2D eigenvalue weighted by atomic mass is 79.9. The fourth-order valence-electron chi connectivity index (χ4n) is 1.78. The van der Waals surface area contributed by atoms with Gasteiger partial charge >= 0.3 is 5.97 Å². The van der Waals surface area contributed by atoms with Crippen LogP contribution < -0.4 is 0 Å². The van der Waals surface area contributed by atoms with Gasteiger partial charge in [0, 0.05) is 17.1 Å². The van der Waals surface area contributed by atoms with Crippen LogP contribution >= 0.6 is 15.9 Å². The van der Waals surface area contributed by atoms with Crippen LogP contribution in [0.15, 0.2) is 34.9 Å².